The first-order chi connectivity index (χ1) is 13.6. The van der Waals surface area contributed by atoms with Crippen LogP contribution in [0.25, 0.3) is 0 Å². The first-order valence-electron chi connectivity index (χ1n) is 11.3. The Balaban J connectivity index is 1.35. The lowest BCUT2D eigenvalue weighted by Gasteiger charge is -2.37. The van der Waals surface area contributed by atoms with Gasteiger partial charge in [-0.1, -0.05) is 19.1 Å². The second kappa shape index (κ2) is 7.37. The molecule has 28 heavy (non-hydrogen) atoms. The second-order valence-electron chi connectivity index (χ2n) is 9.61. The van der Waals surface area contributed by atoms with E-state index >= 15 is 0 Å². The zero-order valence-corrected chi connectivity index (χ0v) is 17.2. The summed E-state index contributed by atoms with van der Waals surface area (Å²) in [6.45, 7) is 2.02. The number of piperidine rings is 1. The van der Waals surface area contributed by atoms with Gasteiger partial charge in [-0.25, -0.2) is 0 Å². The molecule has 6 atom stereocenters. The summed E-state index contributed by atoms with van der Waals surface area (Å²) < 4.78 is 11.7. The van der Waals surface area contributed by atoms with Crippen molar-refractivity contribution in [2.24, 2.45) is 17.8 Å². The zero-order chi connectivity index (χ0) is 19.3. The zero-order valence-electron chi connectivity index (χ0n) is 17.2. The third kappa shape index (κ3) is 3.45. The summed E-state index contributed by atoms with van der Waals surface area (Å²) in [6, 6.07) is 8.14. The van der Waals surface area contributed by atoms with E-state index in [4.69, 9.17) is 9.47 Å². The van der Waals surface area contributed by atoms with Crippen molar-refractivity contribution in [1.29, 1.82) is 0 Å². The third-order valence-corrected chi connectivity index (χ3v) is 7.73. The molecule has 5 rings (SSSR count). The molecule has 3 heterocycles. The van der Waals surface area contributed by atoms with Crippen LogP contribution in [0.3, 0.4) is 0 Å². The predicted octanol–water partition coefficient (Wildman–Crippen LogP) is 4.21. The summed E-state index contributed by atoms with van der Waals surface area (Å²) in [4.78, 5) is 12.2. The molecule has 3 fully saturated rings. The highest BCUT2D eigenvalue weighted by molar-refractivity contribution is 5.73. The lowest BCUT2D eigenvalue weighted by atomic mass is 9.81. The lowest BCUT2D eigenvalue weighted by Crippen LogP contribution is -2.44. The smallest absolute Gasteiger partial charge is 0.309 e. The molecule has 4 nitrogen and oxygen atoms in total. The van der Waals surface area contributed by atoms with Gasteiger partial charge in [0.15, 0.2) is 0 Å². The van der Waals surface area contributed by atoms with Crippen LogP contribution in [0, 0.1) is 17.8 Å². The van der Waals surface area contributed by atoms with Crippen LogP contribution in [0.4, 0.5) is 0 Å². The molecule has 0 radical (unpaired) electrons. The van der Waals surface area contributed by atoms with Crippen LogP contribution in [0.2, 0.25) is 0 Å². The van der Waals surface area contributed by atoms with Crippen molar-refractivity contribution in [3.8, 4) is 5.75 Å². The van der Waals surface area contributed by atoms with Crippen LogP contribution in [-0.4, -0.2) is 31.3 Å². The van der Waals surface area contributed by atoms with E-state index in [1.807, 2.05) is 6.92 Å². The Morgan fingerprint density at radius 2 is 1.89 bits per heavy atom. The molecule has 1 unspecified atom stereocenters. The number of fused-ring (bicyclic) bond motifs is 3. The minimum atomic E-state index is -0.102. The van der Waals surface area contributed by atoms with Crippen LogP contribution >= 0.6 is 0 Å². The summed E-state index contributed by atoms with van der Waals surface area (Å²) in [5, 5.41) is 3.75. The molecular weight excluding hydrogens is 350 g/mol. The van der Waals surface area contributed by atoms with Gasteiger partial charge in [-0.15, -0.1) is 0 Å². The molecule has 0 spiro atoms. The number of methoxy groups -OCH3 is 1. The summed E-state index contributed by atoms with van der Waals surface area (Å²) in [6.07, 6.45) is 10.2. The van der Waals surface area contributed by atoms with Crippen LogP contribution in [0.1, 0.15) is 68.9 Å². The normalized spacial score (nSPS) is 33.5. The fraction of sp³-hybridized carbons (Fsp3) is 0.708. The molecule has 1 saturated carbocycles. The first kappa shape index (κ1) is 18.5. The summed E-state index contributed by atoms with van der Waals surface area (Å²) in [7, 11) is 1.50. The van der Waals surface area contributed by atoms with Gasteiger partial charge in [0, 0.05) is 12.1 Å². The maximum absolute atomic E-state index is 12.2. The van der Waals surface area contributed by atoms with Gasteiger partial charge in [0.1, 0.15) is 11.9 Å². The van der Waals surface area contributed by atoms with Crippen LogP contribution < -0.4 is 10.1 Å². The monoisotopic (exact) mass is 383 g/mol. The van der Waals surface area contributed by atoms with E-state index in [1.54, 1.807) is 0 Å². The highest BCUT2D eigenvalue weighted by atomic mass is 16.5. The number of carbonyl (C=O) groups excluding carboxylic acids is 1. The molecule has 0 aromatic heterocycles. The summed E-state index contributed by atoms with van der Waals surface area (Å²) in [5.41, 5.74) is 2.59. The summed E-state index contributed by atoms with van der Waals surface area (Å²) >= 11 is 0. The van der Waals surface area contributed by atoms with Gasteiger partial charge in [0.05, 0.1) is 13.0 Å². The van der Waals surface area contributed by atoms with Crippen LogP contribution in [0.5, 0.6) is 5.75 Å². The van der Waals surface area contributed by atoms with E-state index < -0.39 is 0 Å². The molecule has 1 aliphatic carbocycles. The van der Waals surface area contributed by atoms with E-state index in [0.717, 1.165) is 18.6 Å². The Labute approximate surface area is 168 Å². The van der Waals surface area contributed by atoms with Gasteiger partial charge < -0.3 is 14.8 Å². The maximum atomic E-state index is 12.2. The summed E-state index contributed by atoms with van der Waals surface area (Å²) in [5.74, 6) is 2.41. The minimum Gasteiger partial charge on any atom is -0.490 e. The van der Waals surface area contributed by atoms with Crippen molar-refractivity contribution in [1.82, 2.24) is 5.32 Å². The molecule has 4 heteroatoms. The van der Waals surface area contributed by atoms with Crippen molar-refractivity contribution in [2.75, 3.05) is 7.11 Å². The average molecular weight is 384 g/mol. The van der Waals surface area contributed by atoms with Gasteiger partial charge in [-0.2, -0.15) is 0 Å². The van der Waals surface area contributed by atoms with Gasteiger partial charge in [-0.05, 0) is 86.3 Å². The molecular formula is C24H33NO3. The number of hydrogen-bond acceptors (Lipinski definition) is 4. The Bertz CT molecular complexity index is 731. The standard InChI is InChI=1S/C24H33NO3/c1-14(24(26)27-2)23(16-4-5-16)17-6-3-15-7-10-21(28-22(15)13-17)18-11-19-8-9-20(12-18)25-19/h3,6,13-14,16,18-21,23,25H,4-5,7-12H2,1-2H3/t14-,18?,19-,20+,21-,23+/m1/s1. The number of benzene rings is 1. The Morgan fingerprint density at radius 1 is 1.14 bits per heavy atom. The highest BCUT2D eigenvalue weighted by Gasteiger charge is 2.41. The molecule has 1 N–H and O–H groups in total. The molecule has 0 amide bonds. The van der Waals surface area contributed by atoms with E-state index in [9.17, 15) is 4.79 Å². The topological polar surface area (TPSA) is 47.6 Å². The number of aryl methyl sites for hydroxylation is 1. The average Bonchev–Trinajstić information content (AvgIpc) is 3.50. The number of hydrogen-bond donors (Lipinski definition) is 1. The van der Waals surface area contributed by atoms with Crippen molar-refractivity contribution < 1.29 is 14.3 Å². The van der Waals surface area contributed by atoms with Gasteiger partial charge in [-0.3, -0.25) is 4.79 Å². The maximum Gasteiger partial charge on any atom is 0.309 e. The quantitative estimate of drug-likeness (QED) is 0.774. The fourth-order valence-electron chi connectivity index (χ4n) is 6.11. The van der Waals surface area contributed by atoms with E-state index in [-0.39, 0.29) is 17.8 Å². The first-order valence-corrected chi connectivity index (χ1v) is 11.3. The Morgan fingerprint density at radius 3 is 2.57 bits per heavy atom. The highest BCUT2D eigenvalue weighted by Crippen LogP contribution is 2.48. The number of ether oxygens (including phenoxy) is 2. The third-order valence-electron chi connectivity index (χ3n) is 7.73. The number of esters is 1. The largest absolute Gasteiger partial charge is 0.490 e. The molecule has 3 aliphatic heterocycles. The molecule has 2 bridgehead atoms. The van der Waals surface area contributed by atoms with Crippen molar-refractivity contribution in [2.45, 2.75) is 82.4 Å². The van der Waals surface area contributed by atoms with Crippen LogP contribution in [0.15, 0.2) is 18.2 Å². The van der Waals surface area contributed by atoms with Crippen LogP contribution in [-0.2, 0) is 16.0 Å². The molecule has 4 aliphatic rings. The van der Waals surface area contributed by atoms with Crippen molar-refractivity contribution in [3.05, 3.63) is 29.3 Å². The van der Waals surface area contributed by atoms with E-state index in [0.29, 0.717) is 30.0 Å². The van der Waals surface area contributed by atoms with E-state index in [1.165, 1.54) is 56.8 Å². The second-order valence-corrected chi connectivity index (χ2v) is 9.61. The number of nitrogens with one attached hydrogen (secondary N) is 1. The number of rotatable bonds is 5. The lowest BCUT2D eigenvalue weighted by molar-refractivity contribution is -0.145. The molecule has 1 aromatic carbocycles. The van der Waals surface area contributed by atoms with E-state index in [2.05, 4.69) is 23.5 Å². The molecule has 152 valence electrons. The Kier molecular flexibility index (Phi) is 4.86. The van der Waals surface area contributed by atoms with Gasteiger partial charge >= 0.3 is 5.97 Å². The SMILES string of the molecule is COC(=O)[C@H](C)[C@H](c1ccc2c(c1)O[C@@H](C1C[C@H]3CC[C@@H](C1)N3)CC2)C1CC1. The predicted molar refractivity (Wildman–Crippen MR) is 108 cm³/mol. The molecule has 1 aromatic rings. The minimum absolute atomic E-state index is 0.0985. The fourth-order valence-corrected chi connectivity index (χ4v) is 6.11. The molecule has 2 saturated heterocycles. The Hall–Kier alpha value is -1.55. The van der Waals surface area contributed by atoms with Crippen molar-refractivity contribution in [3.63, 3.8) is 0 Å². The van der Waals surface area contributed by atoms with Crippen molar-refractivity contribution >= 4 is 5.97 Å². The number of carbonyl (C=O) groups is 1. The van der Waals surface area contributed by atoms with Gasteiger partial charge in [0.25, 0.3) is 0 Å². The van der Waals surface area contributed by atoms with Gasteiger partial charge in [0.2, 0.25) is 0 Å².